The number of carbonyl (C=O) groups is 3. The Kier molecular flexibility index (Phi) is 8.00. The predicted molar refractivity (Wildman–Crippen MR) is 139 cm³/mol. The van der Waals surface area contributed by atoms with E-state index in [1.165, 1.54) is 16.7 Å². The first kappa shape index (κ1) is 25.2. The van der Waals surface area contributed by atoms with Gasteiger partial charge in [-0.3, -0.25) is 9.69 Å². The second-order valence-electron chi connectivity index (χ2n) is 8.70. The number of hydrogen-bond donors (Lipinski definition) is 0. The minimum atomic E-state index is -0.771. The zero-order chi connectivity index (χ0) is 25.6. The van der Waals surface area contributed by atoms with Gasteiger partial charge in [0.2, 0.25) is 5.91 Å². The van der Waals surface area contributed by atoms with Crippen LogP contribution in [0.5, 0.6) is 0 Å². The van der Waals surface area contributed by atoms with E-state index < -0.39 is 18.1 Å². The third-order valence-corrected chi connectivity index (χ3v) is 8.09. The molecule has 2 amide bonds. The van der Waals surface area contributed by atoms with Crippen LogP contribution in [0.2, 0.25) is 0 Å². The van der Waals surface area contributed by atoms with E-state index >= 15 is 0 Å². The Hall–Kier alpha value is -3.44. The molecule has 1 aromatic carbocycles. The van der Waals surface area contributed by atoms with Crippen LogP contribution in [-0.4, -0.2) is 75.3 Å². The van der Waals surface area contributed by atoms with E-state index in [1.54, 1.807) is 22.4 Å². The van der Waals surface area contributed by atoms with Gasteiger partial charge in [0, 0.05) is 25.3 Å². The highest BCUT2D eigenvalue weighted by Gasteiger charge is 2.44. The zero-order valence-corrected chi connectivity index (χ0v) is 21.7. The van der Waals surface area contributed by atoms with Crippen LogP contribution in [0.1, 0.15) is 18.4 Å². The van der Waals surface area contributed by atoms with Crippen molar-refractivity contribution in [2.24, 2.45) is 0 Å². The van der Waals surface area contributed by atoms with Gasteiger partial charge in [0.15, 0.2) is 11.2 Å². The van der Waals surface area contributed by atoms with Gasteiger partial charge in [0.25, 0.3) is 0 Å². The number of rotatable bonds is 8. The molecule has 1 atom stereocenters. The zero-order valence-electron chi connectivity index (χ0n) is 20.0. The average molecular weight is 539 g/mol. The molecule has 9 nitrogen and oxygen atoms in total. The van der Waals surface area contributed by atoms with Crippen LogP contribution in [0.3, 0.4) is 0 Å². The summed E-state index contributed by atoms with van der Waals surface area (Å²) in [7, 11) is 0. The highest BCUT2D eigenvalue weighted by molar-refractivity contribution is 7.99. The van der Waals surface area contributed by atoms with Gasteiger partial charge < -0.3 is 14.4 Å². The molecule has 2 fully saturated rings. The number of thiophene rings is 1. The number of benzene rings is 1. The molecular weight excluding hydrogens is 512 g/mol. The minimum absolute atomic E-state index is 0.00334. The molecule has 5 rings (SSSR count). The molecule has 4 heterocycles. The van der Waals surface area contributed by atoms with Crippen molar-refractivity contribution in [2.75, 3.05) is 25.4 Å². The van der Waals surface area contributed by atoms with Gasteiger partial charge in [0.1, 0.15) is 13.2 Å². The van der Waals surface area contributed by atoms with Gasteiger partial charge in [-0.2, -0.15) is 0 Å². The van der Waals surface area contributed by atoms with Gasteiger partial charge in [-0.15, -0.1) is 11.3 Å². The van der Waals surface area contributed by atoms with E-state index in [-0.39, 0.29) is 30.9 Å². The molecule has 0 radical (unpaired) electrons. The summed E-state index contributed by atoms with van der Waals surface area (Å²) >= 11 is 2.92. The van der Waals surface area contributed by atoms with Crippen molar-refractivity contribution in [1.82, 2.24) is 19.8 Å². The summed E-state index contributed by atoms with van der Waals surface area (Å²) in [5, 5.41) is 2.56. The number of cyclic esters (lactones) is 1. The number of aromatic nitrogens is 2. The lowest BCUT2D eigenvalue weighted by Gasteiger charge is -2.37. The van der Waals surface area contributed by atoms with Crippen molar-refractivity contribution in [3.63, 3.8) is 0 Å². The highest BCUT2D eigenvalue weighted by atomic mass is 32.2. The average Bonchev–Trinajstić information content (AvgIpc) is 3.62. The molecule has 11 heteroatoms. The van der Waals surface area contributed by atoms with E-state index in [4.69, 9.17) is 9.47 Å². The number of carbonyl (C=O) groups excluding carboxylic acids is 3. The van der Waals surface area contributed by atoms with E-state index in [1.807, 2.05) is 53.9 Å². The van der Waals surface area contributed by atoms with Crippen LogP contribution in [-0.2, 0) is 25.7 Å². The molecule has 2 aliphatic heterocycles. The van der Waals surface area contributed by atoms with Crippen LogP contribution >= 0.6 is 23.1 Å². The first-order valence-electron chi connectivity index (χ1n) is 12.0. The van der Waals surface area contributed by atoms with Crippen LogP contribution in [0.25, 0.3) is 10.6 Å². The summed E-state index contributed by atoms with van der Waals surface area (Å²) in [4.78, 5) is 51.2. The normalized spacial score (nSPS) is 18.1. The molecule has 0 N–H and O–H groups in total. The molecule has 37 heavy (non-hydrogen) atoms. The molecule has 0 unspecified atom stereocenters. The maximum Gasteiger partial charge on any atom is 0.410 e. The Labute approximate surface area is 222 Å². The second kappa shape index (κ2) is 11.7. The molecule has 0 bridgehead atoms. The van der Waals surface area contributed by atoms with E-state index in [0.29, 0.717) is 31.1 Å². The lowest BCUT2D eigenvalue weighted by Crippen LogP contribution is -2.52. The molecule has 0 aliphatic carbocycles. The quantitative estimate of drug-likeness (QED) is 0.242. The number of esters is 1. The molecule has 3 aromatic rings. The highest BCUT2D eigenvalue weighted by Crippen LogP contribution is 2.27. The molecule has 0 saturated carbocycles. The fourth-order valence-corrected chi connectivity index (χ4v) is 5.85. The molecule has 192 valence electrons. The third kappa shape index (κ3) is 6.11. The Balaban J connectivity index is 1.11. The van der Waals surface area contributed by atoms with Crippen molar-refractivity contribution in [3.05, 3.63) is 65.7 Å². The van der Waals surface area contributed by atoms with Crippen LogP contribution in [0.15, 0.2) is 65.3 Å². The van der Waals surface area contributed by atoms with Crippen LogP contribution in [0, 0.1) is 0 Å². The maximum atomic E-state index is 12.8. The first-order chi connectivity index (χ1) is 18.1. The van der Waals surface area contributed by atoms with Gasteiger partial charge in [-0.1, -0.05) is 48.2 Å². The molecular formula is C26H26N4O5S2. The molecule has 2 aromatic heterocycles. The lowest BCUT2D eigenvalue weighted by atomic mass is 10.0. The van der Waals surface area contributed by atoms with E-state index in [0.717, 1.165) is 16.1 Å². The fourth-order valence-electron chi connectivity index (χ4n) is 4.43. The summed E-state index contributed by atoms with van der Waals surface area (Å²) in [6.45, 7) is 1.11. The molecule has 2 saturated heterocycles. The van der Waals surface area contributed by atoms with Crippen LogP contribution in [0.4, 0.5) is 4.79 Å². The second-order valence-corrected chi connectivity index (χ2v) is 10.6. The SMILES string of the molecule is O=C(OCc1ccccc1)[C@@H]1COC(=O)N1C1CCN(C(=O)CSc2nccc(-c3cccs3)n2)CC1. The van der Waals surface area contributed by atoms with E-state index in [2.05, 4.69) is 9.97 Å². The Morgan fingerprint density at radius 2 is 1.92 bits per heavy atom. The summed E-state index contributed by atoms with van der Waals surface area (Å²) in [6, 6.07) is 14.3. The number of piperidine rings is 1. The first-order valence-corrected chi connectivity index (χ1v) is 13.9. The lowest BCUT2D eigenvalue weighted by molar-refractivity contribution is -0.150. The van der Waals surface area contributed by atoms with Gasteiger partial charge >= 0.3 is 12.1 Å². The van der Waals surface area contributed by atoms with Crippen molar-refractivity contribution >= 4 is 41.1 Å². The predicted octanol–water partition coefficient (Wildman–Crippen LogP) is 3.85. The summed E-state index contributed by atoms with van der Waals surface area (Å²) < 4.78 is 10.6. The Bertz CT molecular complexity index is 1230. The van der Waals surface area contributed by atoms with Crippen LogP contribution < -0.4 is 0 Å². The van der Waals surface area contributed by atoms with Crippen molar-refractivity contribution in [3.8, 4) is 10.6 Å². The third-order valence-electron chi connectivity index (χ3n) is 6.35. The number of likely N-dealkylation sites (tertiary alicyclic amines) is 1. The molecule has 2 aliphatic rings. The van der Waals surface area contributed by atoms with Gasteiger partial charge in [-0.05, 0) is 35.9 Å². The largest absolute Gasteiger partial charge is 0.459 e. The monoisotopic (exact) mass is 538 g/mol. The van der Waals surface area contributed by atoms with E-state index in [9.17, 15) is 14.4 Å². The van der Waals surface area contributed by atoms with Gasteiger partial charge in [0.05, 0.1) is 16.3 Å². The van der Waals surface area contributed by atoms with Crippen molar-refractivity contribution in [1.29, 1.82) is 0 Å². The number of hydrogen-bond acceptors (Lipinski definition) is 9. The summed E-state index contributed by atoms with van der Waals surface area (Å²) in [5.74, 6) is -0.246. The topological polar surface area (TPSA) is 102 Å². The Morgan fingerprint density at radius 1 is 1.11 bits per heavy atom. The fraction of sp³-hybridized carbons (Fsp3) is 0.346. The number of nitrogens with zero attached hydrogens (tertiary/aromatic N) is 4. The van der Waals surface area contributed by atoms with Crippen molar-refractivity contribution < 1.29 is 23.9 Å². The number of amides is 2. The van der Waals surface area contributed by atoms with Crippen molar-refractivity contribution in [2.45, 2.75) is 36.7 Å². The van der Waals surface area contributed by atoms with Gasteiger partial charge in [-0.25, -0.2) is 19.6 Å². The number of ether oxygens (including phenoxy) is 2. The number of thioether (sulfide) groups is 1. The summed E-state index contributed by atoms with van der Waals surface area (Å²) in [5.41, 5.74) is 1.72. The minimum Gasteiger partial charge on any atom is -0.459 e. The molecule has 0 spiro atoms. The summed E-state index contributed by atoms with van der Waals surface area (Å²) in [6.07, 6.45) is 2.33. The Morgan fingerprint density at radius 3 is 2.68 bits per heavy atom. The standard InChI is InChI=1S/C26H26N4O5S2/c31-23(17-37-25-27-11-8-20(28-25)22-7-4-14-36-22)29-12-9-19(10-13-29)30-21(16-35-26(30)33)24(32)34-15-18-5-2-1-3-6-18/h1-8,11,14,19,21H,9-10,12-13,15-17H2/t21-/m0/s1. The maximum absolute atomic E-state index is 12.8. The smallest absolute Gasteiger partial charge is 0.410 e.